The number of pyridine rings is 1. The van der Waals surface area contributed by atoms with Crippen molar-refractivity contribution in [2.45, 2.75) is 73.6 Å². The van der Waals surface area contributed by atoms with E-state index in [1.807, 2.05) is 52.0 Å². The summed E-state index contributed by atoms with van der Waals surface area (Å²) in [5, 5.41) is 17.4. The van der Waals surface area contributed by atoms with E-state index in [2.05, 4.69) is 71.0 Å². The van der Waals surface area contributed by atoms with Gasteiger partial charge in [0, 0.05) is 29.1 Å². The van der Waals surface area contributed by atoms with Gasteiger partial charge in [-0.2, -0.15) is 5.21 Å². The van der Waals surface area contributed by atoms with E-state index in [4.69, 9.17) is 14.5 Å². The maximum atomic E-state index is 12.7. The lowest BCUT2D eigenvalue weighted by Crippen LogP contribution is -2.32. The van der Waals surface area contributed by atoms with Crippen LogP contribution in [0.25, 0.3) is 22.5 Å². The summed E-state index contributed by atoms with van der Waals surface area (Å²) in [6, 6.07) is 16.0. The number of rotatable bonds is 9. The SMILES string of the molecule is Cc1ccc(-c2c(COc3ccccc3-c3nn[nH]n3)c(C)nc(CC(C)C)c2CNC(=O)OC(C)(C)C)cc1. The van der Waals surface area contributed by atoms with Gasteiger partial charge in [-0.05, 0) is 75.4 Å². The molecule has 2 aromatic carbocycles. The average molecular weight is 543 g/mol. The third-order valence-corrected chi connectivity index (χ3v) is 6.29. The highest BCUT2D eigenvalue weighted by Gasteiger charge is 2.23. The number of carbonyl (C=O) groups is 1. The first kappa shape index (κ1) is 28.7. The molecule has 210 valence electrons. The summed E-state index contributed by atoms with van der Waals surface area (Å²) in [6.07, 6.45) is 0.303. The number of hydrogen-bond acceptors (Lipinski definition) is 7. The van der Waals surface area contributed by atoms with E-state index in [0.717, 1.165) is 51.2 Å². The van der Waals surface area contributed by atoms with Crippen molar-refractivity contribution in [3.63, 3.8) is 0 Å². The van der Waals surface area contributed by atoms with Crippen LogP contribution in [0.15, 0.2) is 48.5 Å². The Morgan fingerprint density at radius 3 is 2.40 bits per heavy atom. The van der Waals surface area contributed by atoms with Crippen molar-refractivity contribution in [2.75, 3.05) is 0 Å². The van der Waals surface area contributed by atoms with Gasteiger partial charge in [-0.25, -0.2) is 4.79 Å². The Hall–Kier alpha value is -4.27. The Balaban J connectivity index is 1.79. The molecule has 0 aliphatic heterocycles. The van der Waals surface area contributed by atoms with Crippen LogP contribution in [0.3, 0.4) is 0 Å². The lowest BCUT2D eigenvalue weighted by molar-refractivity contribution is 0.0523. The number of aromatic nitrogens is 5. The van der Waals surface area contributed by atoms with Crippen LogP contribution in [-0.2, 0) is 24.3 Å². The summed E-state index contributed by atoms with van der Waals surface area (Å²) >= 11 is 0. The Labute approximate surface area is 235 Å². The molecule has 4 aromatic rings. The van der Waals surface area contributed by atoms with Gasteiger partial charge in [0.25, 0.3) is 0 Å². The molecule has 2 heterocycles. The molecule has 40 heavy (non-hydrogen) atoms. The van der Waals surface area contributed by atoms with E-state index in [1.165, 1.54) is 0 Å². The van der Waals surface area contributed by atoms with Crippen LogP contribution >= 0.6 is 0 Å². The summed E-state index contributed by atoms with van der Waals surface area (Å²) in [6.45, 7) is 14.5. The summed E-state index contributed by atoms with van der Waals surface area (Å²) < 4.78 is 11.9. The molecule has 0 saturated carbocycles. The number of H-pyrrole nitrogens is 1. The second-order valence-electron chi connectivity index (χ2n) is 11.3. The molecule has 0 aliphatic rings. The van der Waals surface area contributed by atoms with Gasteiger partial charge in [0.2, 0.25) is 5.82 Å². The zero-order chi connectivity index (χ0) is 28.9. The molecule has 4 rings (SSSR count). The third kappa shape index (κ3) is 7.22. The van der Waals surface area contributed by atoms with Crippen molar-refractivity contribution < 1.29 is 14.3 Å². The van der Waals surface area contributed by atoms with Gasteiger partial charge in [-0.15, -0.1) is 10.2 Å². The molecule has 0 atom stereocenters. The van der Waals surface area contributed by atoms with Crippen LogP contribution < -0.4 is 10.1 Å². The average Bonchev–Trinajstić information content (AvgIpc) is 3.41. The van der Waals surface area contributed by atoms with Gasteiger partial charge in [-0.1, -0.05) is 55.8 Å². The Kier molecular flexibility index (Phi) is 8.82. The molecule has 0 saturated heterocycles. The van der Waals surface area contributed by atoms with Crippen LogP contribution in [0.4, 0.5) is 4.79 Å². The third-order valence-electron chi connectivity index (χ3n) is 6.29. The van der Waals surface area contributed by atoms with Crippen molar-refractivity contribution >= 4 is 6.09 Å². The standard InChI is InChI=1S/C31H38N6O3/c1-19(2)16-26-24(17-32-30(38)40-31(5,6)7)28(22-14-12-20(3)13-15-22)25(21(4)33-26)18-39-27-11-9-8-10-23(27)29-34-36-37-35-29/h8-15,19H,16-18H2,1-7H3,(H,32,38)(H,34,35,36,37). The molecular weight excluding hydrogens is 504 g/mol. The van der Waals surface area contributed by atoms with Gasteiger partial charge < -0.3 is 14.8 Å². The van der Waals surface area contributed by atoms with E-state index in [0.29, 0.717) is 17.5 Å². The number of aromatic amines is 1. The zero-order valence-electron chi connectivity index (χ0n) is 24.3. The Bertz CT molecular complexity index is 1440. The van der Waals surface area contributed by atoms with Gasteiger partial charge in [0.15, 0.2) is 0 Å². The summed E-state index contributed by atoms with van der Waals surface area (Å²) in [5.41, 5.74) is 7.09. The number of ether oxygens (including phenoxy) is 2. The number of tetrazole rings is 1. The smallest absolute Gasteiger partial charge is 0.407 e. The molecule has 9 heteroatoms. The first-order valence-corrected chi connectivity index (χ1v) is 13.5. The Morgan fingerprint density at radius 1 is 1.02 bits per heavy atom. The summed E-state index contributed by atoms with van der Waals surface area (Å²) in [5.74, 6) is 1.47. The fourth-order valence-electron chi connectivity index (χ4n) is 4.51. The second kappa shape index (κ2) is 12.3. The molecule has 0 radical (unpaired) electrons. The molecule has 9 nitrogen and oxygen atoms in total. The van der Waals surface area contributed by atoms with Gasteiger partial charge >= 0.3 is 6.09 Å². The van der Waals surface area contributed by atoms with Gasteiger partial charge in [0.05, 0.1) is 5.56 Å². The first-order chi connectivity index (χ1) is 19.0. The number of para-hydroxylation sites is 1. The quantitative estimate of drug-likeness (QED) is 0.253. The van der Waals surface area contributed by atoms with Crippen molar-refractivity contribution in [1.29, 1.82) is 0 Å². The minimum absolute atomic E-state index is 0.262. The number of nitrogens with one attached hydrogen (secondary N) is 2. The zero-order valence-corrected chi connectivity index (χ0v) is 24.3. The number of benzene rings is 2. The van der Waals surface area contributed by atoms with Crippen LogP contribution in [0, 0.1) is 19.8 Å². The lowest BCUT2D eigenvalue weighted by Gasteiger charge is -2.24. The summed E-state index contributed by atoms with van der Waals surface area (Å²) in [7, 11) is 0. The largest absolute Gasteiger partial charge is 0.488 e. The number of amides is 1. The summed E-state index contributed by atoms with van der Waals surface area (Å²) in [4.78, 5) is 17.7. The molecule has 0 aliphatic carbocycles. The molecule has 0 unspecified atom stereocenters. The number of hydrogen-bond donors (Lipinski definition) is 2. The Morgan fingerprint density at radius 2 is 1.75 bits per heavy atom. The van der Waals surface area contributed by atoms with Crippen molar-refractivity contribution in [1.82, 2.24) is 30.9 Å². The van der Waals surface area contributed by atoms with E-state index >= 15 is 0 Å². The first-order valence-electron chi connectivity index (χ1n) is 13.5. The van der Waals surface area contributed by atoms with E-state index < -0.39 is 11.7 Å². The van der Waals surface area contributed by atoms with Crippen molar-refractivity contribution in [3.05, 3.63) is 76.6 Å². The fourth-order valence-corrected chi connectivity index (χ4v) is 4.51. The molecule has 2 N–H and O–H groups in total. The van der Waals surface area contributed by atoms with E-state index in [9.17, 15) is 4.79 Å². The highest BCUT2D eigenvalue weighted by Crippen LogP contribution is 2.35. The predicted octanol–water partition coefficient (Wildman–Crippen LogP) is 6.35. The second-order valence-corrected chi connectivity index (χ2v) is 11.3. The molecular formula is C31H38N6O3. The maximum absolute atomic E-state index is 12.7. The monoisotopic (exact) mass is 542 g/mol. The van der Waals surface area contributed by atoms with Crippen molar-refractivity contribution in [3.8, 4) is 28.3 Å². The number of alkyl carbamates (subject to hydrolysis) is 1. The van der Waals surface area contributed by atoms with Gasteiger partial charge in [0.1, 0.15) is 18.0 Å². The highest BCUT2D eigenvalue weighted by molar-refractivity contribution is 5.74. The number of aryl methyl sites for hydroxylation is 2. The van der Waals surface area contributed by atoms with E-state index in [1.54, 1.807) is 0 Å². The van der Waals surface area contributed by atoms with Crippen molar-refractivity contribution in [2.24, 2.45) is 5.92 Å². The van der Waals surface area contributed by atoms with Gasteiger partial charge in [-0.3, -0.25) is 4.98 Å². The highest BCUT2D eigenvalue weighted by atomic mass is 16.6. The fraction of sp³-hybridized carbons (Fsp3) is 0.387. The minimum Gasteiger partial charge on any atom is -0.488 e. The number of carbonyl (C=O) groups excluding carboxylic acids is 1. The molecule has 2 aromatic heterocycles. The van der Waals surface area contributed by atoms with Crippen LogP contribution in [-0.4, -0.2) is 37.3 Å². The lowest BCUT2D eigenvalue weighted by atomic mass is 9.90. The maximum Gasteiger partial charge on any atom is 0.407 e. The number of nitrogens with zero attached hydrogens (tertiary/aromatic N) is 4. The molecule has 0 bridgehead atoms. The minimum atomic E-state index is -0.596. The van der Waals surface area contributed by atoms with Crippen LogP contribution in [0.5, 0.6) is 5.75 Å². The molecule has 0 spiro atoms. The normalized spacial score (nSPS) is 11.5. The van der Waals surface area contributed by atoms with Crippen LogP contribution in [0.1, 0.15) is 62.7 Å². The topological polar surface area (TPSA) is 115 Å². The van der Waals surface area contributed by atoms with E-state index in [-0.39, 0.29) is 13.2 Å². The molecule has 1 amide bonds. The predicted molar refractivity (Wildman–Crippen MR) is 155 cm³/mol. The molecule has 0 fully saturated rings. The van der Waals surface area contributed by atoms with Crippen LogP contribution in [0.2, 0.25) is 0 Å².